The number of nitrogens with one attached hydrogen (secondary N) is 1. The van der Waals surface area contributed by atoms with E-state index >= 15 is 0 Å². The van der Waals surface area contributed by atoms with Crippen LogP contribution in [-0.2, 0) is 4.79 Å². The Kier molecular flexibility index (Phi) is 6.05. The Morgan fingerprint density at radius 3 is 2.59 bits per heavy atom. The van der Waals surface area contributed by atoms with Crippen LogP contribution in [0.3, 0.4) is 0 Å². The van der Waals surface area contributed by atoms with E-state index in [2.05, 4.69) is 15.2 Å². The third-order valence-corrected chi connectivity index (χ3v) is 4.89. The molecule has 0 aliphatic carbocycles. The lowest BCUT2D eigenvalue weighted by molar-refractivity contribution is -0.131. The van der Waals surface area contributed by atoms with Gasteiger partial charge in [0.05, 0.1) is 12.1 Å². The Balaban J connectivity index is 1.84. The number of hydrogen-bond donors (Lipinski definition) is 2. The number of aliphatic carboxylic acids is 1. The number of benzene rings is 2. The maximum absolute atomic E-state index is 11.6. The number of methoxy groups -OCH3 is 1. The van der Waals surface area contributed by atoms with Gasteiger partial charge in [-0.05, 0) is 59.8 Å². The first kappa shape index (κ1) is 19.3. The van der Waals surface area contributed by atoms with Crippen LogP contribution in [0.4, 0.5) is 0 Å². The third-order valence-electron chi connectivity index (χ3n) is 3.47. The normalized spacial score (nSPS) is 11.4. The van der Waals surface area contributed by atoms with Gasteiger partial charge in [0, 0.05) is 10.6 Å². The second kappa shape index (κ2) is 8.47. The average molecular weight is 422 g/mol. The lowest BCUT2D eigenvalue weighted by Gasteiger charge is -2.04. The number of rotatable bonds is 6. The zero-order chi connectivity index (χ0) is 19.4. The van der Waals surface area contributed by atoms with E-state index < -0.39 is 5.97 Å². The molecule has 9 heteroatoms. The molecule has 3 aromatic rings. The van der Waals surface area contributed by atoms with E-state index in [0.29, 0.717) is 27.2 Å². The molecule has 6 nitrogen and oxygen atoms in total. The number of ether oxygens (including phenoxy) is 1. The van der Waals surface area contributed by atoms with Crippen LogP contribution in [0.15, 0.2) is 52.5 Å². The van der Waals surface area contributed by atoms with Crippen LogP contribution >= 0.6 is 35.0 Å². The van der Waals surface area contributed by atoms with Crippen molar-refractivity contribution in [2.45, 2.75) is 5.16 Å². The zero-order valence-electron chi connectivity index (χ0n) is 13.9. The third kappa shape index (κ3) is 4.82. The molecule has 1 aromatic heterocycles. The fourth-order valence-corrected chi connectivity index (χ4v) is 3.29. The topological polar surface area (TPSA) is 88.1 Å². The smallest absolute Gasteiger partial charge is 0.342 e. The lowest BCUT2D eigenvalue weighted by Crippen LogP contribution is -1.97. The van der Waals surface area contributed by atoms with Crippen molar-refractivity contribution in [2.24, 2.45) is 0 Å². The first-order valence-electron chi connectivity index (χ1n) is 7.61. The molecular weight excluding hydrogens is 409 g/mol. The lowest BCUT2D eigenvalue weighted by atomic mass is 10.2. The SMILES string of the molecule is COc1ccc(/C=C(/Sc2n[nH]c(-c3ccc(Cl)cc3)n2)C(=O)O)cc1Cl. The number of aromatic amines is 1. The van der Waals surface area contributed by atoms with Gasteiger partial charge in [-0.3, -0.25) is 5.10 Å². The Bertz CT molecular complexity index is 1000. The number of H-pyrrole nitrogens is 1. The minimum absolute atomic E-state index is 0.0536. The predicted octanol–water partition coefficient (Wildman–Crippen LogP) is 5.00. The molecule has 0 fully saturated rings. The molecule has 2 aromatic carbocycles. The number of carboxylic acids is 1. The molecule has 0 amide bonds. The van der Waals surface area contributed by atoms with Gasteiger partial charge in [0.1, 0.15) is 10.7 Å². The molecule has 0 atom stereocenters. The van der Waals surface area contributed by atoms with Crippen molar-refractivity contribution in [3.05, 3.63) is 63.0 Å². The summed E-state index contributed by atoms with van der Waals surface area (Å²) in [7, 11) is 1.51. The summed E-state index contributed by atoms with van der Waals surface area (Å²) >= 11 is 12.9. The second-order valence-corrected chi connectivity index (χ2v) is 7.14. The molecule has 3 rings (SSSR count). The predicted molar refractivity (Wildman–Crippen MR) is 106 cm³/mol. The monoisotopic (exact) mass is 421 g/mol. The van der Waals surface area contributed by atoms with Gasteiger partial charge in [0.15, 0.2) is 5.82 Å². The van der Waals surface area contributed by atoms with Crippen LogP contribution in [0.5, 0.6) is 5.75 Å². The first-order valence-corrected chi connectivity index (χ1v) is 9.18. The van der Waals surface area contributed by atoms with Crippen LogP contribution in [0, 0.1) is 0 Å². The Morgan fingerprint density at radius 2 is 1.96 bits per heavy atom. The summed E-state index contributed by atoms with van der Waals surface area (Å²) in [5, 5.41) is 17.6. The van der Waals surface area contributed by atoms with Crippen molar-refractivity contribution >= 4 is 47.0 Å². The molecule has 0 radical (unpaired) electrons. The number of halogens is 2. The van der Waals surface area contributed by atoms with Gasteiger partial charge in [-0.1, -0.05) is 29.3 Å². The van der Waals surface area contributed by atoms with Crippen molar-refractivity contribution in [3.63, 3.8) is 0 Å². The molecule has 138 valence electrons. The van der Waals surface area contributed by atoms with Gasteiger partial charge in [-0.15, -0.1) is 5.10 Å². The second-order valence-electron chi connectivity index (χ2n) is 5.28. The Morgan fingerprint density at radius 1 is 1.22 bits per heavy atom. The summed E-state index contributed by atoms with van der Waals surface area (Å²) in [4.78, 5) is 16.0. The zero-order valence-corrected chi connectivity index (χ0v) is 16.3. The summed E-state index contributed by atoms with van der Waals surface area (Å²) in [5.41, 5.74) is 1.42. The van der Waals surface area contributed by atoms with Crippen molar-refractivity contribution in [3.8, 4) is 17.1 Å². The molecule has 0 aliphatic rings. The molecule has 1 heterocycles. The van der Waals surface area contributed by atoms with Gasteiger partial charge in [-0.2, -0.15) is 0 Å². The Hall–Kier alpha value is -2.48. The van der Waals surface area contributed by atoms with Crippen LogP contribution in [0.2, 0.25) is 10.0 Å². The number of carboxylic acid groups (broad SMARTS) is 1. The highest BCUT2D eigenvalue weighted by molar-refractivity contribution is 8.04. The van der Waals surface area contributed by atoms with E-state index in [9.17, 15) is 9.90 Å². The van der Waals surface area contributed by atoms with Crippen LogP contribution < -0.4 is 4.74 Å². The fraction of sp³-hybridized carbons (Fsp3) is 0.0556. The Labute approximate surface area is 169 Å². The number of hydrogen-bond acceptors (Lipinski definition) is 5. The van der Waals surface area contributed by atoms with Crippen molar-refractivity contribution in [1.29, 1.82) is 0 Å². The summed E-state index contributed by atoms with van der Waals surface area (Å²) in [6, 6.07) is 12.1. The number of carbonyl (C=O) groups is 1. The standard InChI is InChI=1S/C18H13Cl2N3O3S/c1-26-14-7-2-10(8-13(14)20)9-15(17(24)25)27-18-21-16(22-23-18)11-3-5-12(19)6-4-11/h2-9H,1H3,(H,24,25)(H,21,22,23)/b15-9+. The van der Waals surface area contributed by atoms with Gasteiger partial charge >= 0.3 is 5.97 Å². The van der Waals surface area contributed by atoms with Gasteiger partial charge in [0.25, 0.3) is 0 Å². The van der Waals surface area contributed by atoms with E-state index in [-0.39, 0.29) is 10.1 Å². The highest BCUT2D eigenvalue weighted by atomic mass is 35.5. The molecule has 0 aliphatic heterocycles. The quantitative estimate of drug-likeness (QED) is 0.429. The highest BCUT2D eigenvalue weighted by Gasteiger charge is 2.15. The molecule has 0 bridgehead atoms. The van der Waals surface area contributed by atoms with Crippen molar-refractivity contribution < 1.29 is 14.6 Å². The van der Waals surface area contributed by atoms with Gasteiger partial charge in [0.2, 0.25) is 5.16 Å². The van der Waals surface area contributed by atoms with E-state index in [1.165, 1.54) is 13.2 Å². The molecule has 0 spiro atoms. The average Bonchev–Trinajstić information content (AvgIpc) is 3.10. The summed E-state index contributed by atoms with van der Waals surface area (Å²) < 4.78 is 5.09. The van der Waals surface area contributed by atoms with Crippen LogP contribution in [0.25, 0.3) is 17.5 Å². The largest absolute Gasteiger partial charge is 0.495 e. The number of aromatic nitrogens is 3. The number of nitrogens with zero attached hydrogens (tertiary/aromatic N) is 2. The molecule has 0 saturated carbocycles. The minimum atomic E-state index is -1.09. The van der Waals surface area contributed by atoms with E-state index in [4.69, 9.17) is 27.9 Å². The molecule has 2 N–H and O–H groups in total. The number of thioether (sulfide) groups is 1. The van der Waals surface area contributed by atoms with E-state index in [1.807, 2.05) is 0 Å². The van der Waals surface area contributed by atoms with Crippen molar-refractivity contribution in [2.75, 3.05) is 7.11 Å². The van der Waals surface area contributed by atoms with E-state index in [0.717, 1.165) is 17.3 Å². The van der Waals surface area contributed by atoms with Crippen LogP contribution in [0.1, 0.15) is 5.56 Å². The summed E-state index contributed by atoms with van der Waals surface area (Å²) in [5.74, 6) is -0.0592. The first-order chi connectivity index (χ1) is 13.0. The fourth-order valence-electron chi connectivity index (χ4n) is 2.19. The summed E-state index contributed by atoms with van der Waals surface area (Å²) in [6.07, 6.45) is 1.50. The maximum Gasteiger partial charge on any atom is 0.342 e. The summed E-state index contributed by atoms with van der Waals surface area (Å²) in [6.45, 7) is 0. The maximum atomic E-state index is 11.6. The van der Waals surface area contributed by atoms with Crippen LogP contribution in [-0.4, -0.2) is 33.4 Å². The molecular formula is C18H13Cl2N3O3S. The van der Waals surface area contributed by atoms with Gasteiger partial charge in [-0.25, -0.2) is 9.78 Å². The molecule has 27 heavy (non-hydrogen) atoms. The van der Waals surface area contributed by atoms with Crippen molar-refractivity contribution in [1.82, 2.24) is 15.2 Å². The minimum Gasteiger partial charge on any atom is -0.495 e. The molecule has 0 unspecified atom stereocenters. The highest BCUT2D eigenvalue weighted by Crippen LogP contribution is 2.30. The molecule has 0 saturated heterocycles. The van der Waals surface area contributed by atoms with Gasteiger partial charge < -0.3 is 9.84 Å². The van der Waals surface area contributed by atoms with E-state index in [1.54, 1.807) is 42.5 Å².